The predicted molar refractivity (Wildman–Crippen MR) is 88.5 cm³/mol. The molecule has 22 heavy (non-hydrogen) atoms. The number of hydrogen-bond acceptors (Lipinski definition) is 5. The smallest absolute Gasteiger partial charge is 0.130 e. The van der Waals surface area contributed by atoms with E-state index >= 15 is 0 Å². The fourth-order valence-electron chi connectivity index (χ4n) is 2.86. The van der Waals surface area contributed by atoms with Crippen molar-refractivity contribution in [2.45, 2.75) is 77.7 Å². The molecule has 0 aliphatic carbocycles. The molecular formula is C17H31N3O2. The first-order valence-electron chi connectivity index (χ1n) is 8.33. The highest BCUT2D eigenvalue weighted by atomic mass is 16.7. The van der Waals surface area contributed by atoms with Crippen molar-refractivity contribution in [3.63, 3.8) is 0 Å². The van der Waals surface area contributed by atoms with Crippen molar-refractivity contribution in [2.24, 2.45) is 5.92 Å². The van der Waals surface area contributed by atoms with E-state index in [-0.39, 0.29) is 18.2 Å². The Kier molecular flexibility index (Phi) is 8.47. The Morgan fingerprint density at radius 1 is 1.50 bits per heavy atom. The lowest BCUT2D eigenvalue weighted by atomic mass is 9.95. The van der Waals surface area contributed by atoms with Crippen molar-refractivity contribution < 1.29 is 9.63 Å². The van der Waals surface area contributed by atoms with Crippen LogP contribution < -0.4 is 10.8 Å². The van der Waals surface area contributed by atoms with Crippen molar-refractivity contribution in [2.75, 3.05) is 7.05 Å². The van der Waals surface area contributed by atoms with Gasteiger partial charge in [0.15, 0.2) is 0 Å². The lowest BCUT2D eigenvalue weighted by molar-refractivity contribution is -0.117. The molecule has 5 heteroatoms. The summed E-state index contributed by atoms with van der Waals surface area (Å²) in [5.41, 5.74) is 3.08. The Labute approximate surface area is 135 Å². The molecule has 1 aliphatic heterocycles. The van der Waals surface area contributed by atoms with E-state index in [1.165, 1.54) is 0 Å². The highest BCUT2D eigenvalue weighted by Crippen LogP contribution is 2.20. The van der Waals surface area contributed by atoms with Gasteiger partial charge in [-0.3, -0.25) is 10.2 Å². The quantitative estimate of drug-likeness (QED) is 0.479. The number of hydroxylamine groups is 1. The summed E-state index contributed by atoms with van der Waals surface area (Å²) < 4.78 is 0. The van der Waals surface area contributed by atoms with E-state index in [1.54, 1.807) is 6.92 Å². The second kappa shape index (κ2) is 9.83. The second-order valence-corrected chi connectivity index (χ2v) is 6.36. The molecule has 0 aromatic heterocycles. The highest BCUT2D eigenvalue weighted by Gasteiger charge is 2.30. The van der Waals surface area contributed by atoms with Gasteiger partial charge >= 0.3 is 0 Å². The molecule has 1 fully saturated rings. The summed E-state index contributed by atoms with van der Waals surface area (Å²) in [5.74, 6) is 0.640. The minimum absolute atomic E-state index is 0.0122. The third-order valence-electron chi connectivity index (χ3n) is 4.28. The molecule has 0 saturated carbocycles. The first kappa shape index (κ1) is 19.0. The number of ketones is 1. The molecule has 1 heterocycles. The third-order valence-corrected chi connectivity index (χ3v) is 4.28. The van der Waals surface area contributed by atoms with E-state index in [9.17, 15) is 4.79 Å². The van der Waals surface area contributed by atoms with E-state index in [4.69, 9.17) is 11.3 Å². The fourth-order valence-corrected chi connectivity index (χ4v) is 2.86. The van der Waals surface area contributed by atoms with Crippen LogP contribution in [0.15, 0.2) is 0 Å². The van der Waals surface area contributed by atoms with Crippen LogP contribution in [0, 0.1) is 18.4 Å². The van der Waals surface area contributed by atoms with Gasteiger partial charge in [0.05, 0.1) is 6.17 Å². The number of terminal acetylenes is 1. The van der Waals surface area contributed by atoms with E-state index in [0.29, 0.717) is 18.4 Å². The van der Waals surface area contributed by atoms with Gasteiger partial charge in [0.2, 0.25) is 0 Å². The van der Waals surface area contributed by atoms with Gasteiger partial charge in [-0.15, -0.1) is 0 Å². The number of rotatable bonds is 10. The van der Waals surface area contributed by atoms with E-state index < -0.39 is 0 Å². The maximum atomic E-state index is 11.0. The van der Waals surface area contributed by atoms with Crippen LogP contribution in [0.4, 0.5) is 0 Å². The van der Waals surface area contributed by atoms with Gasteiger partial charge in [-0.2, -0.15) is 5.48 Å². The molecule has 0 amide bonds. The standard InChI is InChI=1S/C17H31N3O2/c1-6-9-15(20(5)7-2)12-13(3)17-18-16(22-19-17)11-8-10-14(4)21/h2,13,15-19H,6,8-12H2,1,3-5H3. The molecule has 0 aromatic rings. The van der Waals surface area contributed by atoms with Gasteiger partial charge in [-0.1, -0.05) is 26.7 Å². The van der Waals surface area contributed by atoms with Crippen molar-refractivity contribution >= 4 is 5.78 Å². The molecular weight excluding hydrogens is 278 g/mol. The minimum Gasteiger partial charge on any atom is -0.333 e. The Bertz CT molecular complexity index is 381. The lowest BCUT2D eigenvalue weighted by Crippen LogP contribution is -2.42. The summed E-state index contributed by atoms with van der Waals surface area (Å²) in [6.45, 7) is 6.02. The number of carbonyl (C=O) groups excluding carboxylic acids is 1. The van der Waals surface area contributed by atoms with E-state index in [0.717, 1.165) is 32.1 Å². The van der Waals surface area contributed by atoms with E-state index in [2.05, 4.69) is 30.7 Å². The molecule has 4 unspecified atom stereocenters. The second-order valence-electron chi connectivity index (χ2n) is 6.36. The number of nitrogens with zero attached hydrogens (tertiary/aromatic N) is 1. The van der Waals surface area contributed by atoms with Crippen LogP contribution in [0.5, 0.6) is 0 Å². The summed E-state index contributed by atoms with van der Waals surface area (Å²) >= 11 is 0. The first-order chi connectivity index (χ1) is 10.5. The molecule has 1 rings (SSSR count). The summed E-state index contributed by atoms with van der Waals surface area (Å²) in [5, 5.41) is 3.45. The number of hydrogen-bond donors (Lipinski definition) is 2. The van der Waals surface area contributed by atoms with Crippen LogP contribution in [0.3, 0.4) is 0 Å². The van der Waals surface area contributed by atoms with E-state index in [1.807, 2.05) is 11.9 Å². The summed E-state index contributed by atoms with van der Waals surface area (Å²) in [6, 6.07) is 3.12. The van der Waals surface area contributed by atoms with Crippen molar-refractivity contribution in [3.8, 4) is 12.5 Å². The van der Waals surface area contributed by atoms with Gasteiger partial charge in [0.25, 0.3) is 0 Å². The lowest BCUT2D eigenvalue weighted by Gasteiger charge is -2.29. The average molecular weight is 309 g/mol. The highest BCUT2D eigenvalue weighted by molar-refractivity contribution is 5.75. The first-order valence-corrected chi connectivity index (χ1v) is 8.33. The Hall–Kier alpha value is -1.09. The molecule has 0 bridgehead atoms. The Balaban J connectivity index is 2.38. The van der Waals surface area contributed by atoms with Gasteiger partial charge in [0.1, 0.15) is 12.0 Å². The van der Waals surface area contributed by atoms with Gasteiger partial charge in [0, 0.05) is 25.6 Å². The van der Waals surface area contributed by atoms with Crippen LogP contribution in [0.1, 0.15) is 59.3 Å². The molecule has 0 spiro atoms. The number of nitrogens with one attached hydrogen (secondary N) is 2. The molecule has 0 radical (unpaired) electrons. The van der Waals surface area contributed by atoms with Crippen LogP contribution in [-0.2, 0) is 9.63 Å². The van der Waals surface area contributed by atoms with Gasteiger partial charge in [-0.05, 0) is 38.5 Å². The fraction of sp³-hybridized carbons (Fsp3) is 0.824. The molecule has 2 N–H and O–H groups in total. The molecule has 1 saturated heterocycles. The molecule has 4 atom stereocenters. The zero-order chi connectivity index (χ0) is 16.5. The van der Waals surface area contributed by atoms with Crippen LogP contribution in [0.25, 0.3) is 0 Å². The number of Topliss-reactive ketones (excluding diaryl/α,β-unsaturated/α-hetero) is 1. The van der Waals surface area contributed by atoms with Crippen LogP contribution in [-0.4, -0.2) is 36.2 Å². The maximum absolute atomic E-state index is 11.0. The zero-order valence-corrected chi connectivity index (χ0v) is 14.4. The number of carbonyl (C=O) groups is 1. The molecule has 5 nitrogen and oxygen atoms in total. The van der Waals surface area contributed by atoms with Crippen molar-refractivity contribution in [3.05, 3.63) is 0 Å². The van der Waals surface area contributed by atoms with Crippen LogP contribution in [0.2, 0.25) is 0 Å². The average Bonchev–Trinajstić information content (AvgIpc) is 2.94. The maximum Gasteiger partial charge on any atom is 0.130 e. The largest absolute Gasteiger partial charge is 0.333 e. The summed E-state index contributed by atoms with van der Waals surface area (Å²) in [6.07, 6.45) is 11.2. The SMILES string of the molecule is C#CN(C)C(CCC)CC(C)C1NOC(CCCC(C)=O)N1. The summed E-state index contributed by atoms with van der Waals surface area (Å²) in [4.78, 5) is 18.5. The summed E-state index contributed by atoms with van der Waals surface area (Å²) in [7, 11) is 1.98. The zero-order valence-electron chi connectivity index (χ0n) is 14.4. The Morgan fingerprint density at radius 3 is 2.82 bits per heavy atom. The van der Waals surface area contributed by atoms with Crippen LogP contribution >= 0.6 is 0 Å². The van der Waals surface area contributed by atoms with Crippen molar-refractivity contribution in [1.82, 2.24) is 15.7 Å². The van der Waals surface area contributed by atoms with Gasteiger partial charge < -0.3 is 9.69 Å². The topological polar surface area (TPSA) is 53.6 Å². The monoisotopic (exact) mass is 309 g/mol. The third kappa shape index (κ3) is 6.35. The normalized spacial score (nSPS) is 23.8. The molecule has 1 aliphatic rings. The molecule has 0 aromatic carbocycles. The molecule has 126 valence electrons. The van der Waals surface area contributed by atoms with Gasteiger partial charge in [-0.25, -0.2) is 0 Å². The predicted octanol–water partition coefficient (Wildman–Crippen LogP) is 2.24. The van der Waals surface area contributed by atoms with Crippen molar-refractivity contribution in [1.29, 1.82) is 0 Å². The Morgan fingerprint density at radius 2 is 2.23 bits per heavy atom. The minimum atomic E-state index is -0.0122.